The monoisotopic (exact) mass is 261 g/mol. The van der Waals surface area contributed by atoms with Crippen molar-refractivity contribution in [2.45, 2.75) is 18.8 Å². The summed E-state index contributed by atoms with van der Waals surface area (Å²) in [5.41, 5.74) is 1.78. The number of aromatic nitrogens is 2. The van der Waals surface area contributed by atoms with Gasteiger partial charge in [0.05, 0.1) is 11.4 Å². The van der Waals surface area contributed by atoms with Crippen molar-refractivity contribution in [3.05, 3.63) is 35.1 Å². The van der Waals surface area contributed by atoms with Crippen molar-refractivity contribution in [2.75, 3.05) is 5.32 Å². The van der Waals surface area contributed by atoms with Crippen LogP contribution in [0.4, 0.5) is 10.8 Å². The second-order valence-electron chi connectivity index (χ2n) is 4.20. The third-order valence-electron chi connectivity index (χ3n) is 2.81. The van der Waals surface area contributed by atoms with Crippen LogP contribution in [0.5, 0.6) is 0 Å². The molecular weight excluding hydrogens is 250 g/mol. The predicted octanol–water partition coefficient (Wildman–Crippen LogP) is 2.86. The standard InChI is InChI=1S/C12H11N3O2S/c16-11(17)8-5-13-4-3-9(8)14-12-15-10(6-18-12)7-1-2-7/h3-7H,1-2H2,(H,16,17)(H,13,14,15). The summed E-state index contributed by atoms with van der Waals surface area (Å²) in [5, 5.41) is 14.9. The van der Waals surface area contributed by atoms with Gasteiger partial charge in [-0.3, -0.25) is 4.98 Å². The molecule has 92 valence electrons. The van der Waals surface area contributed by atoms with Crippen molar-refractivity contribution in [3.63, 3.8) is 0 Å². The molecule has 0 spiro atoms. The normalized spacial score (nSPS) is 14.4. The minimum absolute atomic E-state index is 0.153. The van der Waals surface area contributed by atoms with Gasteiger partial charge in [-0.25, -0.2) is 9.78 Å². The van der Waals surface area contributed by atoms with Crippen LogP contribution < -0.4 is 5.32 Å². The number of pyridine rings is 1. The molecule has 6 heteroatoms. The van der Waals surface area contributed by atoms with Crippen LogP contribution in [0, 0.1) is 0 Å². The summed E-state index contributed by atoms with van der Waals surface area (Å²) < 4.78 is 0. The van der Waals surface area contributed by atoms with Crippen molar-refractivity contribution < 1.29 is 9.90 Å². The van der Waals surface area contributed by atoms with Crippen LogP contribution >= 0.6 is 11.3 Å². The molecule has 2 aromatic heterocycles. The first-order valence-corrected chi connectivity index (χ1v) is 6.52. The Balaban J connectivity index is 1.84. The highest BCUT2D eigenvalue weighted by atomic mass is 32.1. The third kappa shape index (κ3) is 2.19. The number of carbonyl (C=O) groups is 1. The van der Waals surface area contributed by atoms with Crippen molar-refractivity contribution in [2.24, 2.45) is 0 Å². The van der Waals surface area contributed by atoms with Gasteiger partial charge in [0.15, 0.2) is 5.13 Å². The maximum Gasteiger partial charge on any atom is 0.339 e. The topological polar surface area (TPSA) is 75.1 Å². The van der Waals surface area contributed by atoms with Crippen LogP contribution in [0.1, 0.15) is 34.8 Å². The van der Waals surface area contributed by atoms with E-state index in [1.165, 1.54) is 30.4 Å². The fraction of sp³-hybridized carbons (Fsp3) is 0.250. The highest BCUT2D eigenvalue weighted by Crippen LogP contribution is 2.41. The van der Waals surface area contributed by atoms with E-state index in [4.69, 9.17) is 5.11 Å². The third-order valence-corrected chi connectivity index (χ3v) is 3.59. The van der Waals surface area contributed by atoms with Crippen LogP contribution in [0.2, 0.25) is 0 Å². The van der Waals surface area contributed by atoms with E-state index in [2.05, 4.69) is 15.3 Å². The number of hydrogen-bond acceptors (Lipinski definition) is 5. The quantitative estimate of drug-likeness (QED) is 0.885. The lowest BCUT2D eigenvalue weighted by molar-refractivity contribution is 0.0697. The Hall–Kier alpha value is -1.95. The lowest BCUT2D eigenvalue weighted by Gasteiger charge is -2.05. The maximum absolute atomic E-state index is 11.0. The van der Waals surface area contributed by atoms with Crippen LogP contribution in [0.15, 0.2) is 23.8 Å². The molecule has 3 rings (SSSR count). The molecule has 1 saturated carbocycles. The Morgan fingerprint density at radius 3 is 3.06 bits per heavy atom. The average Bonchev–Trinajstić information content (AvgIpc) is 3.11. The van der Waals surface area contributed by atoms with E-state index in [1.54, 1.807) is 12.3 Å². The Labute approximate surface area is 108 Å². The van der Waals surface area contributed by atoms with Crippen LogP contribution in [0.3, 0.4) is 0 Å². The van der Waals surface area contributed by atoms with Crippen LogP contribution in [-0.4, -0.2) is 21.0 Å². The smallest absolute Gasteiger partial charge is 0.339 e. The van der Waals surface area contributed by atoms with E-state index in [9.17, 15) is 4.79 Å². The number of carboxylic acids is 1. The van der Waals surface area contributed by atoms with Gasteiger partial charge in [0, 0.05) is 23.7 Å². The summed E-state index contributed by atoms with van der Waals surface area (Å²) in [6.07, 6.45) is 5.31. The Morgan fingerprint density at radius 2 is 2.33 bits per heavy atom. The summed E-state index contributed by atoms with van der Waals surface area (Å²) in [5.74, 6) is -0.391. The molecule has 0 bridgehead atoms. The molecule has 0 amide bonds. The van der Waals surface area contributed by atoms with E-state index < -0.39 is 5.97 Å². The van der Waals surface area contributed by atoms with Crippen LogP contribution in [-0.2, 0) is 0 Å². The number of thiazole rings is 1. The second kappa shape index (κ2) is 4.38. The zero-order valence-corrected chi connectivity index (χ0v) is 10.3. The molecule has 2 N–H and O–H groups in total. The van der Waals surface area contributed by atoms with Gasteiger partial charge >= 0.3 is 5.97 Å². The molecular formula is C12H11N3O2S. The van der Waals surface area contributed by atoms with Gasteiger partial charge in [0.1, 0.15) is 5.56 Å². The molecule has 1 fully saturated rings. The number of nitrogens with one attached hydrogen (secondary N) is 1. The molecule has 1 aliphatic rings. The van der Waals surface area contributed by atoms with Crippen molar-refractivity contribution in [3.8, 4) is 0 Å². The van der Waals surface area contributed by atoms with Gasteiger partial charge in [-0.15, -0.1) is 11.3 Å². The zero-order chi connectivity index (χ0) is 12.5. The Kier molecular flexibility index (Phi) is 2.71. The lowest BCUT2D eigenvalue weighted by atomic mass is 10.2. The molecule has 0 unspecified atom stereocenters. The molecule has 0 aromatic carbocycles. The van der Waals surface area contributed by atoms with Gasteiger partial charge in [-0.1, -0.05) is 0 Å². The van der Waals surface area contributed by atoms with Gasteiger partial charge in [-0.2, -0.15) is 0 Å². The minimum Gasteiger partial charge on any atom is -0.478 e. The molecule has 5 nitrogen and oxygen atoms in total. The molecule has 2 heterocycles. The molecule has 0 aliphatic heterocycles. The first kappa shape index (κ1) is 11.2. The number of aromatic carboxylic acids is 1. The minimum atomic E-state index is -0.996. The summed E-state index contributed by atoms with van der Waals surface area (Å²) in [6.45, 7) is 0. The van der Waals surface area contributed by atoms with E-state index >= 15 is 0 Å². The van der Waals surface area contributed by atoms with Crippen molar-refractivity contribution >= 4 is 28.1 Å². The van der Waals surface area contributed by atoms with Crippen molar-refractivity contribution in [1.29, 1.82) is 0 Å². The first-order chi connectivity index (χ1) is 8.74. The number of anilines is 2. The van der Waals surface area contributed by atoms with Crippen molar-refractivity contribution in [1.82, 2.24) is 9.97 Å². The second-order valence-corrected chi connectivity index (χ2v) is 5.06. The predicted molar refractivity (Wildman–Crippen MR) is 68.6 cm³/mol. The highest BCUT2D eigenvalue weighted by molar-refractivity contribution is 7.13. The molecule has 1 aliphatic carbocycles. The maximum atomic E-state index is 11.0. The Bertz CT molecular complexity index is 593. The molecule has 0 atom stereocenters. The van der Waals surface area contributed by atoms with Gasteiger partial charge in [0.2, 0.25) is 0 Å². The largest absolute Gasteiger partial charge is 0.478 e. The van der Waals surface area contributed by atoms with Gasteiger partial charge < -0.3 is 10.4 Å². The summed E-state index contributed by atoms with van der Waals surface area (Å²) in [7, 11) is 0. The number of nitrogens with zero attached hydrogens (tertiary/aromatic N) is 2. The van der Waals surface area contributed by atoms with E-state index in [0.717, 1.165) is 10.8 Å². The average molecular weight is 261 g/mol. The fourth-order valence-corrected chi connectivity index (χ4v) is 2.50. The van der Waals surface area contributed by atoms with Gasteiger partial charge in [0.25, 0.3) is 0 Å². The first-order valence-electron chi connectivity index (χ1n) is 5.64. The molecule has 2 aromatic rings. The SMILES string of the molecule is O=C(O)c1cnccc1Nc1nc(C2CC2)cs1. The number of rotatable bonds is 4. The highest BCUT2D eigenvalue weighted by Gasteiger charge is 2.26. The number of hydrogen-bond donors (Lipinski definition) is 2. The summed E-state index contributed by atoms with van der Waals surface area (Å²) in [4.78, 5) is 19.3. The molecule has 0 saturated heterocycles. The van der Waals surface area contributed by atoms with E-state index in [0.29, 0.717) is 11.6 Å². The summed E-state index contributed by atoms with van der Waals surface area (Å²) >= 11 is 1.50. The van der Waals surface area contributed by atoms with Gasteiger partial charge in [-0.05, 0) is 18.9 Å². The molecule has 0 radical (unpaired) electrons. The van der Waals surface area contributed by atoms with Crippen LogP contribution in [0.25, 0.3) is 0 Å². The molecule has 18 heavy (non-hydrogen) atoms. The number of carboxylic acid groups (broad SMARTS) is 1. The lowest BCUT2D eigenvalue weighted by Crippen LogP contribution is -2.03. The fourth-order valence-electron chi connectivity index (χ4n) is 1.70. The zero-order valence-electron chi connectivity index (χ0n) is 9.46. The Morgan fingerprint density at radius 1 is 1.50 bits per heavy atom. The van der Waals surface area contributed by atoms with E-state index in [1.807, 2.05) is 5.38 Å². The van der Waals surface area contributed by atoms with E-state index in [-0.39, 0.29) is 5.56 Å². The summed E-state index contributed by atoms with van der Waals surface area (Å²) in [6, 6.07) is 1.64.